The molecule has 0 aliphatic carbocycles. The summed E-state index contributed by atoms with van der Waals surface area (Å²) in [5.74, 6) is -1.80. The van der Waals surface area contributed by atoms with Crippen molar-refractivity contribution < 1.29 is 8.78 Å². The van der Waals surface area contributed by atoms with Gasteiger partial charge in [-0.15, -0.1) is 0 Å². The summed E-state index contributed by atoms with van der Waals surface area (Å²) in [4.78, 5) is 11.5. The molecule has 1 heterocycles. The molecule has 0 atom stereocenters. The van der Waals surface area contributed by atoms with Crippen LogP contribution in [0.25, 0.3) is 0 Å². The van der Waals surface area contributed by atoms with Crippen LogP contribution in [0.4, 0.5) is 8.78 Å². The highest BCUT2D eigenvalue weighted by molar-refractivity contribution is 9.10. The first kappa shape index (κ1) is 12.0. The summed E-state index contributed by atoms with van der Waals surface area (Å²) in [6.07, 6.45) is 1.60. The highest BCUT2D eigenvalue weighted by atomic mass is 79.9. The van der Waals surface area contributed by atoms with Crippen LogP contribution in [0.5, 0.6) is 0 Å². The predicted octanol–water partition coefficient (Wildman–Crippen LogP) is 2.94. The molecule has 1 aromatic carbocycles. The molecule has 2 aromatic rings. The molecule has 88 valence electrons. The molecule has 0 N–H and O–H groups in total. The number of benzene rings is 1. The van der Waals surface area contributed by atoms with E-state index in [4.69, 9.17) is 0 Å². The molecular weight excluding hydrogens is 292 g/mol. The summed E-state index contributed by atoms with van der Waals surface area (Å²) in [6.45, 7) is 0.204. The van der Waals surface area contributed by atoms with Crippen LogP contribution in [0.3, 0.4) is 0 Å². The van der Waals surface area contributed by atoms with Gasteiger partial charge in [-0.05, 0) is 39.7 Å². The highest BCUT2D eigenvalue weighted by Crippen LogP contribution is 2.11. The van der Waals surface area contributed by atoms with Crippen molar-refractivity contribution in [1.82, 2.24) is 4.57 Å². The zero-order valence-corrected chi connectivity index (χ0v) is 10.2. The molecule has 0 aliphatic heterocycles. The summed E-state index contributed by atoms with van der Waals surface area (Å²) in [7, 11) is 0. The van der Waals surface area contributed by atoms with Crippen molar-refractivity contribution in [3.05, 3.63) is 68.6 Å². The third-order valence-electron chi connectivity index (χ3n) is 2.28. The third-order valence-corrected chi connectivity index (χ3v) is 2.75. The Morgan fingerprint density at radius 3 is 2.59 bits per heavy atom. The van der Waals surface area contributed by atoms with E-state index in [0.717, 1.165) is 16.6 Å². The number of nitrogens with zero attached hydrogens (tertiary/aromatic N) is 1. The second-order valence-electron chi connectivity index (χ2n) is 3.56. The van der Waals surface area contributed by atoms with Gasteiger partial charge in [0, 0.05) is 16.7 Å². The molecule has 0 radical (unpaired) electrons. The molecule has 0 bridgehead atoms. The molecule has 0 fully saturated rings. The number of hydrogen-bond donors (Lipinski definition) is 0. The Morgan fingerprint density at radius 1 is 1.12 bits per heavy atom. The first-order chi connectivity index (χ1) is 8.06. The summed E-state index contributed by atoms with van der Waals surface area (Å²) in [6, 6.07) is 6.62. The fourth-order valence-corrected chi connectivity index (χ4v) is 1.84. The standard InChI is InChI=1S/C12H8BrF2NO/c13-9-2-4-12(17)16(7-9)6-8-1-3-10(14)11(15)5-8/h1-5,7H,6H2. The number of aromatic nitrogens is 1. The smallest absolute Gasteiger partial charge is 0.250 e. The van der Waals surface area contributed by atoms with Gasteiger partial charge in [0.25, 0.3) is 5.56 Å². The second-order valence-corrected chi connectivity index (χ2v) is 4.48. The van der Waals surface area contributed by atoms with E-state index in [1.54, 1.807) is 12.3 Å². The van der Waals surface area contributed by atoms with Crippen molar-refractivity contribution in [2.45, 2.75) is 6.54 Å². The van der Waals surface area contributed by atoms with Crippen molar-refractivity contribution in [3.8, 4) is 0 Å². The van der Waals surface area contributed by atoms with E-state index in [1.807, 2.05) is 0 Å². The van der Waals surface area contributed by atoms with Crippen molar-refractivity contribution in [2.24, 2.45) is 0 Å². The minimum absolute atomic E-state index is 0.196. The molecule has 2 rings (SSSR count). The molecule has 0 aliphatic rings. The van der Waals surface area contributed by atoms with Crippen LogP contribution >= 0.6 is 15.9 Å². The molecule has 0 unspecified atom stereocenters. The summed E-state index contributed by atoms with van der Waals surface area (Å²) < 4.78 is 27.9. The minimum atomic E-state index is -0.912. The minimum Gasteiger partial charge on any atom is -0.310 e. The van der Waals surface area contributed by atoms with Gasteiger partial charge in [0.1, 0.15) is 0 Å². The van der Waals surface area contributed by atoms with Gasteiger partial charge in [-0.25, -0.2) is 8.78 Å². The van der Waals surface area contributed by atoms with Gasteiger partial charge in [-0.3, -0.25) is 4.79 Å². The summed E-state index contributed by atoms with van der Waals surface area (Å²) in [5.41, 5.74) is 0.335. The Bertz CT molecular complexity index is 610. The van der Waals surface area contributed by atoms with Gasteiger partial charge in [0.15, 0.2) is 11.6 Å². The van der Waals surface area contributed by atoms with E-state index in [-0.39, 0.29) is 12.1 Å². The van der Waals surface area contributed by atoms with Crippen LogP contribution in [-0.4, -0.2) is 4.57 Å². The quantitative estimate of drug-likeness (QED) is 0.836. The van der Waals surface area contributed by atoms with Gasteiger partial charge in [0.05, 0.1) is 6.54 Å². The van der Waals surface area contributed by atoms with Crippen molar-refractivity contribution in [1.29, 1.82) is 0 Å². The lowest BCUT2D eigenvalue weighted by atomic mass is 10.2. The molecule has 0 amide bonds. The van der Waals surface area contributed by atoms with Crippen LogP contribution in [-0.2, 0) is 6.54 Å². The van der Waals surface area contributed by atoms with E-state index in [1.165, 1.54) is 16.7 Å². The zero-order chi connectivity index (χ0) is 12.4. The highest BCUT2D eigenvalue weighted by Gasteiger charge is 2.04. The van der Waals surface area contributed by atoms with E-state index >= 15 is 0 Å². The number of pyridine rings is 1. The average Bonchev–Trinajstić information content (AvgIpc) is 2.29. The van der Waals surface area contributed by atoms with Gasteiger partial charge in [-0.2, -0.15) is 0 Å². The van der Waals surface area contributed by atoms with E-state index < -0.39 is 11.6 Å². The van der Waals surface area contributed by atoms with Crippen molar-refractivity contribution >= 4 is 15.9 Å². The summed E-state index contributed by atoms with van der Waals surface area (Å²) >= 11 is 3.24. The Balaban J connectivity index is 2.34. The maximum atomic E-state index is 13.0. The third kappa shape index (κ3) is 2.79. The lowest BCUT2D eigenvalue weighted by Crippen LogP contribution is -2.18. The van der Waals surface area contributed by atoms with Crippen LogP contribution in [0, 0.1) is 11.6 Å². The maximum absolute atomic E-state index is 13.0. The van der Waals surface area contributed by atoms with E-state index in [0.29, 0.717) is 5.56 Å². The predicted molar refractivity (Wildman–Crippen MR) is 63.9 cm³/mol. The van der Waals surface area contributed by atoms with Gasteiger partial charge < -0.3 is 4.57 Å². The molecule has 5 heteroatoms. The Labute approximate surface area is 105 Å². The van der Waals surface area contributed by atoms with Crippen LogP contribution < -0.4 is 5.56 Å². The molecule has 0 saturated carbocycles. The molecule has 0 spiro atoms. The first-order valence-electron chi connectivity index (χ1n) is 4.86. The molecule has 2 nitrogen and oxygen atoms in total. The zero-order valence-electron chi connectivity index (χ0n) is 8.66. The average molecular weight is 300 g/mol. The van der Waals surface area contributed by atoms with Crippen LogP contribution in [0.1, 0.15) is 5.56 Å². The van der Waals surface area contributed by atoms with Gasteiger partial charge >= 0.3 is 0 Å². The maximum Gasteiger partial charge on any atom is 0.250 e. The number of rotatable bonds is 2. The van der Waals surface area contributed by atoms with E-state index in [2.05, 4.69) is 15.9 Å². The molecule has 1 aromatic heterocycles. The van der Waals surface area contributed by atoms with Crippen LogP contribution in [0.15, 0.2) is 45.8 Å². The van der Waals surface area contributed by atoms with E-state index in [9.17, 15) is 13.6 Å². The van der Waals surface area contributed by atoms with Crippen molar-refractivity contribution in [2.75, 3.05) is 0 Å². The normalized spacial score (nSPS) is 10.5. The SMILES string of the molecule is O=c1ccc(Br)cn1Cc1ccc(F)c(F)c1. The molecule has 0 saturated heterocycles. The topological polar surface area (TPSA) is 22.0 Å². The summed E-state index contributed by atoms with van der Waals surface area (Å²) in [5, 5.41) is 0. The number of halogens is 3. The molecule has 17 heavy (non-hydrogen) atoms. The fourth-order valence-electron chi connectivity index (χ4n) is 1.46. The second kappa shape index (κ2) is 4.79. The fraction of sp³-hybridized carbons (Fsp3) is 0.0833. The van der Waals surface area contributed by atoms with Gasteiger partial charge in [0.2, 0.25) is 0 Å². The van der Waals surface area contributed by atoms with Crippen molar-refractivity contribution in [3.63, 3.8) is 0 Å². The Kier molecular flexibility index (Phi) is 3.38. The Morgan fingerprint density at radius 2 is 1.88 bits per heavy atom. The number of hydrogen-bond acceptors (Lipinski definition) is 1. The largest absolute Gasteiger partial charge is 0.310 e. The first-order valence-corrected chi connectivity index (χ1v) is 5.65. The molecular formula is C12H8BrF2NO. The van der Waals surface area contributed by atoms with Crippen LogP contribution in [0.2, 0.25) is 0 Å². The Hall–Kier alpha value is -1.49. The monoisotopic (exact) mass is 299 g/mol. The lowest BCUT2D eigenvalue weighted by Gasteiger charge is -2.06. The van der Waals surface area contributed by atoms with Gasteiger partial charge in [-0.1, -0.05) is 6.07 Å². The lowest BCUT2D eigenvalue weighted by molar-refractivity contribution is 0.506.